The molecule has 2 aromatic heterocycles. The largest absolute Gasteiger partial charge is 0.289 e. The fraction of sp³-hybridized carbons (Fsp3) is 0.167. The van der Waals surface area contributed by atoms with E-state index in [1.165, 1.54) is 12.4 Å². The lowest BCUT2D eigenvalue weighted by Gasteiger charge is -2.04. The van der Waals surface area contributed by atoms with Gasteiger partial charge in [0.1, 0.15) is 10.7 Å². The van der Waals surface area contributed by atoms with E-state index in [9.17, 15) is 9.00 Å². The van der Waals surface area contributed by atoms with Gasteiger partial charge in [-0.2, -0.15) is 0 Å². The molecule has 2 rings (SSSR count). The van der Waals surface area contributed by atoms with Crippen molar-refractivity contribution in [1.29, 1.82) is 0 Å². The van der Waals surface area contributed by atoms with E-state index in [0.29, 0.717) is 22.0 Å². The lowest BCUT2D eigenvalue weighted by atomic mass is 10.2. The molecule has 0 aromatic carbocycles. The number of rotatable bonds is 4. The number of hydrazine groups is 1. The van der Waals surface area contributed by atoms with Crippen LogP contribution < -0.4 is 11.3 Å². The number of carbonyl (C=O) groups is 1. The molecule has 8 heteroatoms. The Kier molecular flexibility index (Phi) is 4.49. The van der Waals surface area contributed by atoms with Crippen LogP contribution in [-0.4, -0.2) is 30.8 Å². The summed E-state index contributed by atoms with van der Waals surface area (Å²) in [7, 11) is -1.10. The molecule has 0 aliphatic heterocycles. The summed E-state index contributed by atoms with van der Waals surface area (Å²) in [5, 5.41) is 0.514. The van der Waals surface area contributed by atoms with E-state index in [1.54, 1.807) is 18.3 Å². The molecule has 1 amide bonds. The highest BCUT2D eigenvalue weighted by atomic mass is 32.2. The summed E-state index contributed by atoms with van der Waals surface area (Å²) in [5.41, 5.74) is 3.29. The van der Waals surface area contributed by atoms with Crippen LogP contribution in [0.3, 0.4) is 0 Å². The third-order valence-corrected chi connectivity index (χ3v) is 3.76. The van der Waals surface area contributed by atoms with Crippen molar-refractivity contribution in [2.45, 2.75) is 11.9 Å². The molecule has 0 saturated carbocycles. The van der Waals surface area contributed by atoms with Crippen molar-refractivity contribution in [2.24, 2.45) is 5.84 Å². The van der Waals surface area contributed by atoms with Crippen molar-refractivity contribution >= 4 is 16.7 Å². The molecule has 20 heavy (non-hydrogen) atoms. The second-order valence-corrected chi connectivity index (χ2v) is 5.47. The minimum Gasteiger partial charge on any atom is -0.289 e. The molecule has 7 nitrogen and oxygen atoms in total. The minimum absolute atomic E-state index is 0.117. The number of aromatic nitrogens is 3. The molecule has 0 aliphatic rings. The second-order valence-electron chi connectivity index (χ2n) is 3.78. The zero-order valence-electron chi connectivity index (χ0n) is 10.7. The van der Waals surface area contributed by atoms with E-state index < -0.39 is 16.7 Å². The Morgan fingerprint density at radius 1 is 1.35 bits per heavy atom. The molecule has 0 radical (unpaired) electrons. The van der Waals surface area contributed by atoms with Crippen molar-refractivity contribution in [3.05, 3.63) is 36.4 Å². The molecule has 0 saturated heterocycles. The van der Waals surface area contributed by atoms with Gasteiger partial charge in [0.15, 0.2) is 0 Å². The van der Waals surface area contributed by atoms with Crippen LogP contribution in [0.4, 0.5) is 0 Å². The third kappa shape index (κ3) is 3.03. The van der Waals surface area contributed by atoms with E-state index in [4.69, 9.17) is 5.84 Å². The van der Waals surface area contributed by atoms with Gasteiger partial charge in [0.25, 0.3) is 5.91 Å². The van der Waals surface area contributed by atoms with Crippen LogP contribution in [0.1, 0.15) is 17.4 Å². The molecule has 0 spiro atoms. The average Bonchev–Trinajstić information content (AvgIpc) is 2.53. The van der Waals surface area contributed by atoms with Crippen LogP contribution in [0.25, 0.3) is 11.3 Å². The first-order valence-corrected chi connectivity index (χ1v) is 7.15. The number of amides is 1. The van der Waals surface area contributed by atoms with E-state index in [1.807, 2.05) is 12.3 Å². The highest BCUT2D eigenvalue weighted by molar-refractivity contribution is 7.84. The Balaban J connectivity index is 2.32. The summed E-state index contributed by atoms with van der Waals surface area (Å²) in [6.45, 7) is 1.83. The fourth-order valence-electron chi connectivity index (χ4n) is 1.50. The molecule has 2 aromatic rings. The molecule has 1 atom stereocenters. The molecule has 0 aliphatic carbocycles. The summed E-state index contributed by atoms with van der Waals surface area (Å²) in [6.07, 6.45) is 4.39. The fourth-order valence-corrected chi connectivity index (χ4v) is 2.19. The Hall–Kier alpha value is -2.19. The maximum atomic E-state index is 11.6. The lowest BCUT2D eigenvalue weighted by molar-refractivity contribution is 0.0948. The van der Waals surface area contributed by atoms with Crippen molar-refractivity contribution in [1.82, 2.24) is 20.4 Å². The molecule has 2 heterocycles. The Bertz CT molecular complexity index is 645. The molecule has 3 N–H and O–H groups in total. The van der Waals surface area contributed by atoms with Gasteiger partial charge in [-0.3, -0.25) is 19.4 Å². The zero-order valence-corrected chi connectivity index (χ0v) is 11.6. The maximum absolute atomic E-state index is 11.6. The second kappa shape index (κ2) is 6.31. The summed E-state index contributed by atoms with van der Waals surface area (Å²) < 4.78 is 11.6. The Morgan fingerprint density at radius 3 is 2.75 bits per heavy atom. The predicted octanol–water partition coefficient (Wildman–Crippen LogP) is 0.270. The summed E-state index contributed by atoms with van der Waals surface area (Å²) >= 11 is 0. The van der Waals surface area contributed by atoms with Crippen LogP contribution >= 0.6 is 0 Å². The van der Waals surface area contributed by atoms with Gasteiger partial charge in [0.2, 0.25) is 0 Å². The number of nitrogens with one attached hydrogen (secondary N) is 1. The van der Waals surface area contributed by atoms with E-state index in [2.05, 4.69) is 15.0 Å². The number of nitrogens with zero attached hydrogens (tertiary/aromatic N) is 3. The number of nitrogens with two attached hydrogens (primary N) is 1. The molecular weight excluding hydrogens is 278 g/mol. The number of carbonyl (C=O) groups excluding carboxylic acids is 1. The first-order valence-electron chi connectivity index (χ1n) is 5.83. The van der Waals surface area contributed by atoms with E-state index >= 15 is 0 Å². The number of hydrogen-bond donors (Lipinski definition) is 2. The predicted molar refractivity (Wildman–Crippen MR) is 73.9 cm³/mol. The SMILES string of the molecule is CCS(=O)c1ccc(-c2cncc(C(=O)NN)n2)cn1. The molecule has 0 bridgehead atoms. The van der Waals surface area contributed by atoms with Gasteiger partial charge in [0.05, 0.1) is 28.9 Å². The van der Waals surface area contributed by atoms with Crippen LogP contribution in [-0.2, 0) is 10.8 Å². The van der Waals surface area contributed by atoms with Crippen LogP contribution in [0, 0.1) is 0 Å². The van der Waals surface area contributed by atoms with Crippen LogP contribution in [0.15, 0.2) is 35.7 Å². The van der Waals surface area contributed by atoms with E-state index in [0.717, 1.165) is 0 Å². The van der Waals surface area contributed by atoms with Crippen LogP contribution in [0.2, 0.25) is 0 Å². The van der Waals surface area contributed by atoms with Gasteiger partial charge in [-0.25, -0.2) is 15.8 Å². The summed E-state index contributed by atoms with van der Waals surface area (Å²) in [4.78, 5) is 23.6. The average molecular weight is 291 g/mol. The minimum atomic E-state index is -1.10. The van der Waals surface area contributed by atoms with Crippen molar-refractivity contribution in [2.75, 3.05) is 5.75 Å². The quantitative estimate of drug-likeness (QED) is 0.475. The van der Waals surface area contributed by atoms with Gasteiger partial charge in [-0.05, 0) is 12.1 Å². The zero-order chi connectivity index (χ0) is 14.5. The van der Waals surface area contributed by atoms with Gasteiger partial charge in [-0.15, -0.1) is 0 Å². The normalized spacial score (nSPS) is 11.9. The van der Waals surface area contributed by atoms with Crippen molar-refractivity contribution in [3.8, 4) is 11.3 Å². The standard InChI is InChI=1S/C12H13N5O2S/c1-2-20(19)11-4-3-8(5-15-11)9-6-14-7-10(16-9)12(18)17-13/h3-7H,2,13H2,1H3,(H,17,18). The number of hydrogen-bond acceptors (Lipinski definition) is 6. The van der Waals surface area contributed by atoms with Crippen molar-refractivity contribution in [3.63, 3.8) is 0 Å². The number of nitrogen functional groups attached to an aromatic ring is 1. The maximum Gasteiger partial charge on any atom is 0.285 e. The van der Waals surface area contributed by atoms with Crippen molar-refractivity contribution < 1.29 is 9.00 Å². The van der Waals surface area contributed by atoms with Gasteiger partial charge in [0, 0.05) is 17.5 Å². The van der Waals surface area contributed by atoms with E-state index in [-0.39, 0.29) is 5.69 Å². The first-order chi connectivity index (χ1) is 9.65. The Morgan fingerprint density at radius 2 is 2.15 bits per heavy atom. The number of pyridine rings is 1. The highest BCUT2D eigenvalue weighted by Gasteiger charge is 2.09. The monoisotopic (exact) mass is 291 g/mol. The van der Waals surface area contributed by atoms with Crippen LogP contribution in [0.5, 0.6) is 0 Å². The lowest BCUT2D eigenvalue weighted by Crippen LogP contribution is -2.30. The molecule has 0 fully saturated rings. The smallest absolute Gasteiger partial charge is 0.285 e. The topological polar surface area (TPSA) is 111 Å². The molecular formula is C12H13N5O2S. The summed E-state index contributed by atoms with van der Waals surface area (Å²) in [6, 6.07) is 3.41. The van der Waals surface area contributed by atoms with Gasteiger partial charge >= 0.3 is 0 Å². The summed E-state index contributed by atoms with van der Waals surface area (Å²) in [5.74, 6) is 5.04. The molecule has 1 unspecified atom stereocenters. The highest BCUT2D eigenvalue weighted by Crippen LogP contribution is 2.16. The molecule has 104 valence electrons. The van der Waals surface area contributed by atoms with Gasteiger partial charge < -0.3 is 0 Å². The third-order valence-electron chi connectivity index (χ3n) is 2.53. The first kappa shape index (κ1) is 14.2. The Labute approximate surface area is 118 Å². The van der Waals surface area contributed by atoms with Gasteiger partial charge in [-0.1, -0.05) is 6.92 Å².